The second-order valence-corrected chi connectivity index (χ2v) is 16.7. The second kappa shape index (κ2) is 12.8. The van der Waals surface area contributed by atoms with Gasteiger partial charge in [0.1, 0.15) is 6.10 Å². The van der Waals surface area contributed by atoms with Crippen LogP contribution in [0, 0.1) is 5.92 Å². The Hall–Kier alpha value is -4.94. The highest BCUT2D eigenvalue weighted by Crippen LogP contribution is 2.66. The molecule has 5 atom stereocenters. The van der Waals surface area contributed by atoms with E-state index in [0.717, 1.165) is 66.3 Å². The minimum absolute atomic E-state index is 0.0502. The smallest absolute Gasteiger partial charge is 0.184 e. The normalized spacial score (nSPS) is 26.7. The number of hydrogen-bond donors (Lipinski definition) is 1. The molecule has 1 N–H and O–H groups in total. The van der Waals surface area contributed by atoms with E-state index in [1.54, 1.807) is 0 Å². The van der Waals surface area contributed by atoms with Gasteiger partial charge in [-0.15, -0.1) is 0 Å². The van der Waals surface area contributed by atoms with Crippen LogP contribution in [0.15, 0.2) is 146 Å². The highest BCUT2D eigenvalue weighted by Gasteiger charge is 2.73. The molecule has 2 heterocycles. The van der Waals surface area contributed by atoms with Crippen molar-refractivity contribution in [1.82, 2.24) is 4.90 Å². The summed E-state index contributed by atoms with van der Waals surface area (Å²) in [5, 5.41) is 15.8. The summed E-state index contributed by atoms with van der Waals surface area (Å²) in [6, 6.07) is 51.1. The predicted octanol–water partition coefficient (Wildman–Crippen LogP) is 9.36. The van der Waals surface area contributed by atoms with Crippen LogP contribution in [0.4, 0.5) is 0 Å². The fourth-order valence-electron chi connectivity index (χ4n) is 11.2. The van der Waals surface area contributed by atoms with E-state index in [4.69, 9.17) is 14.2 Å². The Balaban J connectivity index is 1.05. The first-order valence-corrected chi connectivity index (χ1v) is 20.3. The molecule has 2 aliphatic heterocycles. The van der Waals surface area contributed by atoms with Crippen LogP contribution in [0.25, 0.3) is 10.8 Å². The van der Waals surface area contributed by atoms with Crippen LogP contribution >= 0.6 is 0 Å². The summed E-state index contributed by atoms with van der Waals surface area (Å²) in [7, 11) is 0. The molecule has 2 bridgehead atoms. The monoisotopic (exact) mass is 725 g/mol. The minimum atomic E-state index is -0.964. The Kier molecular flexibility index (Phi) is 7.78. The van der Waals surface area contributed by atoms with Gasteiger partial charge in [-0.1, -0.05) is 140 Å². The Morgan fingerprint density at radius 1 is 0.709 bits per heavy atom. The molecule has 276 valence electrons. The lowest BCUT2D eigenvalue weighted by Crippen LogP contribution is -2.77. The average molecular weight is 726 g/mol. The molecule has 3 fully saturated rings. The van der Waals surface area contributed by atoms with Gasteiger partial charge in [-0.2, -0.15) is 0 Å². The quantitative estimate of drug-likeness (QED) is 0.143. The number of hydrogen-bond acceptors (Lipinski definition) is 5. The summed E-state index contributed by atoms with van der Waals surface area (Å²) in [6.07, 6.45) is 5.14. The molecule has 0 aromatic heterocycles. The molecular formula is C50H47NO4. The zero-order chi connectivity index (χ0) is 36.6. The maximum absolute atomic E-state index is 13.4. The van der Waals surface area contributed by atoms with Crippen molar-refractivity contribution >= 4 is 10.8 Å². The van der Waals surface area contributed by atoms with Crippen LogP contribution < -0.4 is 9.47 Å². The van der Waals surface area contributed by atoms with Gasteiger partial charge in [0.25, 0.3) is 0 Å². The Labute approximate surface area is 323 Å². The molecule has 1 saturated heterocycles. The number of piperidine rings is 1. The van der Waals surface area contributed by atoms with Gasteiger partial charge < -0.3 is 19.3 Å². The third-order valence-corrected chi connectivity index (χ3v) is 13.8. The Morgan fingerprint density at radius 2 is 1.36 bits per heavy atom. The van der Waals surface area contributed by atoms with Gasteiger partial charge in [0, 0.05) is 34.8 Å². The summed E-state index contributed by atoms with van der Waals surface area (Å²) in [6.45, 7) is 2.52. The van der Waals surface area contributed by atoms with E-state index in [1.807, 2.05) is 0 Å². The molecule has 6 aromatic carbocycles. The summed E-state index contributed by atoms with van der Waals surface area (Å²) >= 11 is 0. The van der Waals surface area contributed by atoms with Crippen molar-refractivity contribution in [3.8, 4) is 11.5 Å². The van der Waals surface area contributed by atoms with E-state index < -0.39 is 16.6 Å². The maximum Gasteiger partial charge on any atom is 0.184 e. The summed E-state index contributed by atoms with van der Waals surface area (Å²) in [5.74, 6) is 2.24. The zero-order valence-corrected chi connectivity index (χ0v) is 31.1. The van der Waals surface area contributed by atoms with Crippen LogP contribution in [-0.4, -0.2) is 46.9 Å². The molecule has 5 nitrogen and oxygen atoms in total. The van der Waals surface area contributed by atoms with Crippen molar-refractivity contribution in [3.63, 3.8) is 0 Å². The summed E-state index contributed by atoms with van der Waals surface area (Å²) < 4.78 is 22.1. The average Bonchev–Trinajstić information content (AvgIpc) is 3.99. The number of nitrogens with zero attached hydrogens (tertiary/aromatic N) is 1. The standard InChI is InChI=1S/C50H47NO4/c52-49-28-27-43(53-33-37-15-12-14-35-13-10-11-22-41(35)37)47-48(49)29-30-51(32-34-23-24-34)44(49)31-36-25-26-42(46(54-47)45(36)48)55-50(38-16-4-1-5-17-38,39-18-6-2-7-19-39)40-20-8-3-9-21-40/h1-22,25-26,34,43-44,47,52H,23-24,27-33H2/t43-,44-,47+,48+,49-/m1/s1. The van der Waals surface area contributed by atoms with Crippen molar-refractivity contribution in [1.29, 1.82) is 0 Å². The van der Waals surface area contributed by atoms with E-state index in [1.165, 1.54) is 34.7 Å². The van der Waals surface area contributed by atoms with Crippen LogP contribution in [0.1, 0.15) is 65.5 Å². The second-order valence-electron chi connectivity index (χ2n) is 16.7. The van der Waals surface area contributed by atoms with Gasteiger partial charge >= 0.3 is 0 Å². The van der Waals surface area contributed by atoms with Crippen molar-refractivity contribution in [2.24, 2.45) is 5.92 Å². The van der Waals surface area contributed by atoms with Crippen molar-refractivity contribution in [2.45, 2.75) is 80.0 Å². The van der Waals surface area contributed by atoms with E-state index >= 15 is 0 Å². The number of rotatable bonds is 10. The third-order valence-electron chi connectivity index (χ3n) is 13.8. The largest absolute Gasteiger partial charge is 0.482 e. The number of fused-ring (bicyclic) bond motifs is 1. The first-order chi connectivity index (χ1) is 27.1. The van der Waals surface area contributed by atoms with Crippen molar-refractivity contribution in [3.05, 3.63) is 179 Å². The fourth-order valence-corrected chi connectivity index (χ4v) is 11.2. The molecule has 5 heteroatoms. The lowest BCUT2D eigenvalue weighted by Gasteiger charge is -2.64. The molecule has 0 radical (unpaired) electrons. The molecular weight excluding hydrogens is 679 g/mol. The van der Waals surface area contributed by atoms with E-state index in [9.17, 15) is 5.11 Å². The van der Waals surface area contributed by atoms with Gasteiger partial charge in [-0.25, -0.2) is 0 Å². The number of likely N-dealkylation sites (tertiary alicyclic amines) is 1. The Morgan fingerprint density at radius 3 is 2.05 bits per heavy atom. The molecule has 11 rings (SSSR count). The Bertz CT molecular complexity index is 2260. The molecule has 5 aliphatic rings. The van der Waals surface area contributed by atoms with Gasteiger partial charge in [0.15, 0.2) is 17.1 Å². The highest BCUT2D eigenvalue weighted by atomic mass is 16.6. The third kappa shape index (κ3) is 5.02. The number of ether oxygens (including phenoxy) is 3. The summed E-state index contributed by atoms with van der Waals surface area (Å²) in [5.41, 5.74) is 4.21. The van der Waals surface area contributed by atoms with Crippen LogP contribution in [0.2, 0.25) is 0 Å². The molecule has 2 saturated carbocycles. The summed E-state index contributed by atoms with van der Waals surface area (Å²) in [4.78, 5) is 2.63. The van der Waals surface area contributed by atoms with Crippen LogP contribution in [-0.2, 0) is 28.8 Å². The lowest BCUT2D eigenvalue weighted by molar-refractivity contribution is -0.217. The SMILES string of the molecule is O[C@@]12CC[C@@H](OCc3cccc4ccccc34)[C@@H]3Oc4c(OC(c5ccccc5)(c5ccccc5)c5ccccc5)ccc5c4[C@@]31CCN(CC1CC1)[C@@H]2C5. The van der Waals surface area contributed by atoms with E-state index in [0.29, 0.717) is 18.8 Å². The topological polar surface area (TPSA) is 51.2 Å². The van der Waals surface area contributed by atoms with Gasteiger partial charge in [0.05, 0.1) is 23.7 Å². The molecule has 6 aromatic rings. The predicted molar refractivity (Wildman–Crippen MR) is 215 cm³/mol. The van der Waals surface area contributed by atoms with Gasteiger partial charge in [0.2, 0.25) is 0 Å². The van der Waals surface area contributed by atoms with Gasteiger partial charge in [-0.05, 0) is 79.0 Å². The molecule has 1 spiro atoms. The van der Waals surface area contributed by atoms with Crippen molar-refractivity contribution < 1.29 is 19.3 Å². The van der Waals surface area contributed by atoms with Crippen LogP contribution in [0.3, 0.4) is 0 Å². The number of aliphatic hydroxyl groups is 1. The maximum atomic E-state index is 13.4. The minimum Gasteiger partial charge on any atom is -0.482 e. The molecule has 55 heavy (non-hydrogen) atoms. The number of benzene rings is 6. The lowest BCUT2D eigenvalue weighted by atomic mass is 9.48. The molecule has 3 aliphatic carbocycles. The highest BCUT2D eigenvalue weighted by molar-refractivity contribution is 5.85. The first-order valence-electron chi connectivity index (χ1n) is 20.3. The van der Waals surface area contributed by atoms with E-state index in [-0.39, 0.29) is 18.2 Å². The molecule has 0 unspecified atom stereocenters. The first kappa shape index (κ1) is 33.4. The zero-order valence-electron chi connectivity index (χ0n) is 31.1. The van der Waals surface area contributed by atoms with Crippen molar-refractivity contribution in [2.75, 3.05) is 13.1 Å². The molecule has 0 amide bonds. The van der Waals surface area contributed by atoms with E-state index in [2.05, 4.69) is 150 Å². The fraction of sp³-hybridized carbons (Fsp3) is 0.320. The van der Waals surface area contributed by atoms with Gasteiger partial charge in [-0.3, -0.25) is 4.90 Å². The van der Waals surface area contributed by atoms with Crippen LogP contribution in [0.5, 0.6) is 11.5 Å².